The van der Waals surface area contributed by atoms with Gasteiger partial charge in [0.15, 0.2) is 0 Å². The molecule has 0 amide bonds. The van der Waals surface area contributed by atoms with Crippen LogP contribution in [0.5, 0.6) is 0 Å². The van der Waals surface area contributed by atoms with Gasteiger partial charge in [0.1, 0.15) is 5.82 Å². The van der Waals surface area contributed by atoms with Crippen molar-refractivity contribution in [2.45, 2.75) is 45.6 Å². The zero-order valence-electron chi connectivity index (χ0n) is 13.2. The van der Waals surface area contributed by atoms with Crippen LogP contribution in [0.4, 0.5) is 4.39 Å². The van der Waals surface area contributed by atoms with Gasteiger partial charge in [-0.25, -0.2) is 4.39 Å². The topological polar surface area (TPSA) is 15.3 Å². The Kier molecular flexibility index (Phi) is 8.47. The monoisotopic (exact) mass is 280 g/mol. The Hall–Kier alpha value is -0.930. The highest BCUT2D eigenvalue weighted by atomic mass is 19.1. The second-order valence-corrected chi connectivity index (χ2v) is 5.50. The summed E-state index contributed by atoms with van der Waals surface area (Å²) in [5.41, 5.74) is 1.18. The second kappa shape index (κ2) is 9.89. The van der Waals surface area contributed by atoms with Crippen LogP contribution in [-0.4, -0.2) is 31.6 Å². The van der Waals surface area contributed by atoms with Crippen molar-refractivity contribution < 1.29 is 4.39 Å². The first kappa shape index (κ1) is 17.1. The Bertz CT molecular complexity index is 351. The molecule has 2 nitrogen and oxygen atoms in total. The van der Waals surface area contributed by atoms with Gasteiger partial charge in [0.25, 0.3) is 0 Å². The van der Waals surface area contributed by atoms with Gasteiger partial charge in [0.2, 0.25) is 0 Å². The van der Waals surface area contributed by atoms with E-state index in [2.05, 4.69) is 31.1 Å². The minimum Gasteiger partial charge on any atom is -0.310 e. The number of halogens is 1. The number of unbranched alkanes of at least 4 members (excludes halogenated alkanes) is 1. The lowest BCUT2D eigenvalue weighted by atomic mass is 10.0. The summed E-state index contributed by atoms with van der Waals surface area (Å²) in [7, 11) is 2.18. The van der Waals surface area contributed by atoms with Crippen LogP contribution in [0.25, 0.3) is 0 Å². The van der Waals surface area contributed by atoms with E-state index >= 15 is 0 Å². The Morgan fingerprint density at radius 1 is 1.10 bits per heavy atom. The Morgan fingerprint density at radius 2 is 1.80 bits per heavy atom. The molecule has 0 fully saturated rings. The zero-order chi connectivity index (χ0) is 14.8. The van der Waals surface area contributed by atoms with Crippen molar-refractivity contribution >= 4 is 0 Å². The normalized spacial score (nSPS) is 12.8. The molecule has 0 heterocycles. The van der Waals surface area contributed by atoms with Crippen LogP contribution in [0.2, 0.25) is 0 Å². The lowest BCUT2D eigenvalue weighted by Gasteiger charge is -2.23. The third kappa shape index (κ3) is 6.49. The zero-order valence-corrected chi connectivity index (χ0v) is 13.2. The molecule has 0 aliphatic rings. The van der Waals surface area contributed by atoms with Gasteiger partial charge in [-0.1, -0.05) is 32.4 Å². The van der Waals surface area contributed by atoms with E-state index in [1.807, 2.05) is 12.1 Å². The average Bonchev–Trinajstić information content (AvgIpc) is 2.46. The minimum atomic E-state index is -0.164. The molecular weight excluding hydrogens is 251 g/mol. The molecule has 0 spiro atoms. The SMILES string of the molecule is CCCCN(C)CCC(NCCC)c1ccc(F)cc1. The van der Waals surface area contributed by atoms with Gasteiger partial charge < -0.3 is 10.2 Å². The summed E-state index contributed by atoms with van der Waals surface area (Å²) in [5, 5.41) is 3.57. The maximum Gasteiger partial charge on any atom is 0.123 e. The molecule has 20 heavy (non-hydrogen) atoms. The average molecular weight is 280 g/mol. The van der Waals surface area contributed by atoms with E-state index in [-0.39, 0.29) is 5.82 Å². The molecule has 0 bridgehead atoms. The highest BCUT2D eigenvalue weighted by Crippen LogP contribution is 2.18. The van der Waals surface area contributed by atoms with Crippen molar-refractivity contribution in [1.29, 1.82) is 0 Å². The molecule has 114 valence electrons. The van der Waals surface area contributed by atoms with E-state index < -0.39 is 0 Å². The highest BCUT2D eigenvalue weighted by molar-refractivity contribution is 5.19. The van der Waals surface area contributed by atoms with Crippen LogP contribution in [0.3, 0.4) is 0 Å². The number of hydrogen-bond acceptors (Lipinski definition) is 2. The molecule has 1 N–H and O–H groups in total. The van der Waals surface area contributed by atoms with Crippen LogP contribution in [-0.2, 0) is 0 Å². The van der Waals surface area contributed by atoms with E-state index in [0.717, 1.165) is 32.5 Å². The maximum atomic E-state index is 13.0. The predicted molar refractivity (Wildman–Crippen MR) is 84.5 cm³/mol. The van der Waals surface area contributed by atoms with Crippen molar-refractivity contribution in [3.05, 3.63) is 35.6 Å². The first-order valence-corrected chi connectivity index (χ1v) is 7.84. The number of hydrogen-bond donors (Lipinski definition) is 1. The summed E-state index contributed by atoms with van der Waals surface area (Å²) >= 11 is 0. The smallest absolute Gasteiger partial charge is 0.123 e. The quantitative estimate of drug-likeness (QED) is 0.697. The molecule has 1 atom stereocenters. The summed E-state index contributed by atoms with van der Waals surface area (Å²) in [4.78, 5) is 2.38. The van der Waals surface area contributed by atoms with E-state index in [0.29, 0.717) is 6.04 Å². The van der Waals surface area contributed by atoms with Crippen LogP contribution in [0, 0.1) is 5.82 Å². The molecule has 0 saturated carbocycles. The Balaban J connectivity index is 2.53. The van der Waals surface area contributed by atoms with Gasteiger partial charge >= 0.3 is 0 Å². The van der Waals surface area contributed by atoms with Gasteiger partial charge in [-0.3, -0.25) is 0 Å². The number of nitrogens with one attached hydrogen (secondary N) is 1. The molecular formula is C17H29FN2. The number of nitrogens with zero attached hydrogens (tertiary/aromatic N) is 1. The largest absolute Gasteiger partial charge is 0.310 e. The van der Waals surface area contributed by atoms with Crippen molar-refractivity contribution in [2.24, 2.45) is 0 Å². The fraction of sp³-hybridized carbons (Fsp3) is 0.647. The molecule has 3 heteroatoms. The van der Waals surface area contributed by atoms with Crippen LogP contribution >= 0.6 is 0 Å². The molecule has 0 aliphatic heterocycles. The lowest BCUT2D eigenvalue weighted by molar-refractivity contribution is 0.302. The maximum absolute atomic E-state index is 13.0. The standard InChI is InChI=1S/C17H29FN2/c1-4-6-13-20(3)14-11-17(19-12-5-2)15-7-9-16(18)10-8-15/h7-10,17,19H,4-6,11-14H2,1-3H3. The predicted octanol–water partition coefficient (Wildman–Crippen LogP) is 3.99. The second-order valence-electron chi connectivity index (χ2n) is 5.50. The minimum absolute atomic E-state index is 0.164. The van der Waals surface area contributed by atoms with E-state index in [4.69, 9.17) is 0 Å². The third-order valence-electron chi connectivity index (χ3n) is 3.61. The van der Waals surface area contributed by atoms with Gasteiger partial charge in [0.05, 0.1) is 0 Å². The van der Waals surface area contributed by atoms with Crippen LogP contribution in [0.1, 0.15) is 51.1 Å². The molecule has 0 radical (unpaired) electrons. The summed E-state index contributed by atoms with van der Waals surface area (Å²) < 4.78 is 13.0. The van der Waals surface area contributed by atoms with Crippen molar-refractivity contribution in [1.82, 2.24) is 10.2 Å². The Labute approximate surface area is 123 Å². The van der Waals surface area contributed by atoms with Gasteiger partial charge in [-0.05, 0) is 63.6 Å². The summed E-state index contributed by atoms with van der Waals surface area (Å²) in [6.07, 6.45) is 4.66. The van der Waals surface area contributed by atoms with Crippen LogP contribution in [0.15, 0.2) is 24.3 Å². The Morgan fingerprint density at radius 3 is 2.40 bits per heavy atom. The lowest BCUT2D eigenvalue weighted by Crippen LogP contribution is -2.28. The molecule has 1 rings (SSSR count). The summed E-state index contributed by atoms with van der Waals surface area (Å²) in [6, 6.07) is 7.22. The van der Waals surface area contributed by atoms with E-state index in [1.165, 1.54) is 18.4 Å². The first-order valence-electron chi connectivity index (χ1n) is 7.84. The fourth-order valence-electron chi connectivity index (χ4n) is 2.29. The molecule has 0 aromatic heterocycles. The molecule has 0 aliphatic carbocycles. The third-order valence-corrected chi connectivity index (χ3v) is 3.61. The molecule has 0 saturated heterocycles. The van der Waals surface area contributed by atoms with Gasteiger partial charge in [-0.15, -0.1) is 0 Å². The van der Waals surface area contributed by atoms with Crippen LogP contribution < -0.4 is 5.32 Å². The number of benzene rings is 1. The van der Waals surface area contributed by atoms with Gasteiger partial charge in [0, 0.05) is 6.04 Å². The van der Waals surface area contributed by atoms with Crippen molar-refractivity contribution in [3.63, 3.8) is 0 Å². The van der Waals surface area contributed by atoms with Gasteiger partial charge in [-0.2, -0.15) is 0 Å². The number of rotatable bonds is 10. The van der Waals surface area contributed by atoms with Crippen molar-refractivity contribution in [2.75, 3.05) is 26.7 Å². The van der Waals surface area contributed by atoms with Crippen molar-refractivity contribution in [3.8, 4) is 0 Å². The summed E-state index contributed by atoms with van der Waals surface area (Å²) in [5.74, 6) is -0.164. The molecule has 1 unspecified atom stereocenters. The molecule has 1 aromatic carbocycles. The fourth-order valence-corrected chi connectivity index (χ4v) is 2.29. The van der Waals surface area contributed by atoms with E-state index in [9.17, 15) is 4.39 Å². The highest BCUT2D eigenvalue weighted by Gasteiger charge is 2.11. The first-order chi connectivity index (χ1) is 9.67. The summed E-state index contributed by atoms with van der Waals surface area (Å²) in [6.45, 7) is 7.61. The molecule has 1 aromatic rings. The van der Waals surface area contributed by atoms with E-state index in [1.54, 1.807) is 12.1 Å².